The van der Waals surface area contributed by atoms with Crippen molar-refractivity contribution in [2.45, 2.75) is 70.1 Å². The fourth-order valence-corrected chi connectivity index (χ4v) is 4.82. The molecule has 156 valence electrons. The van der Waals surface area contributed by atoms with Crippen LogP contribution in [-0.2, 0) is 27.3 Å². The predicted octanol–water partition coefficient (Wildman–Crippen LogP) is 1.30. The zero-order valence-corrected chi connectivity index (χ0v) is 16.7. The standard InChI is InChI=1S/C21H28N4O4/c26-19-14-12-24(20(27)13-6-7-13)10-8-15(14)22-18(23-19)16-4-1-2-9-25(16)21(28)17-5-3-11-29-17/h13,16-17H,1-12H2,(H,22,23,26)/t16-,17-/m0/s1. The average molecular weight is 400 g/mol. The Balaban J connectivity index is 1.39. The summed E-state index contributed by atoms with van der Waals surface area (Å²) in [6.07, 6.45) is 6.61. The Labute approximate surface area is 169 Å². The van der Waals surface area contributed by atoms with Gasteiger partial charge >= 0.3 is 0 Å². The number of piperidine rings is 1. The lowest BCUT2D eigenvalue weighted by Gasteiger charge is -2.37. The fraction of sp³-hybridized carbons (Fsp3) is 0.714. The van der Waals surface area contributed by atoms with E-state index in [4.69, 9.17) is 9.72 Å². The highest BCUT2D eigenvalue weighted by Crippen LogP contribution is 2.33. The first-order chi connectivity index (χ1) is 14.1. The lowest BCUT2D eigenvalue weighted by atomic mass is 9.99. The fourth-order valence-electron chi connectivity index (χ4n) is 4.82. The SMILES string of the molecule is O=C(C1CC1)N1CCc2nc([C@@H]3CCCCN3C(=O)[C@@H]3CCCO3)[nH]c(=O)c2C1. The van der Waals surface area contributed by atoms with Gasteiger partial charge < -0.3 is 19.5 Å². The van der Waals surface area contributed by atoms with Gasteiger partial charge in [-0.1, -0.05) is 0 Å². The molecule has 0 bridgehead atoms. The molecule has 1 aliphatic carbocycles. The number of amides is 2. The van der Waals surface area contributed by atoms with Crippen molar-refractivity contribution >= 4 is 11.8 Å². The molecule has 8 heteroatoms. The van der Waals surface area contributed by atoms with Crippen molar-refractivity contribution in [3.05, 3.63) is 27.4 Å². The van der Waals surface area contributed by atoms with E-state index in [0.29, 0.717) is 44.0 Å². The molecule has 0 unspecified atom stereocenters. The van der Waals surface area contributed by atoms with E-state index in [9.17, 15) is 14.4 Å². The number of aromatic nitrogens is 2. The molecule has 0 radical (unpaired) electrons. The van der Waals surface area contributed by atoms with Gasteiger partial charge in [0.25, 0.3) is 11.5 Å². The maximum atomic E-state index is 13.0. The number of ether oxygens (including phenoxy) is 1. The molecule has 2 saturated heterocycles. The third-order valence-electron chi connectivity index (χ3n) is 6.63. The molecule has 1 N–H and O–H groups in total. The zero-order valence-electron chi connectivity index (χ0n) is 16.7. The number of carbonyl (C=O) groups excluding carboxylic acids is 2. The molecule has 1 aromatic rings. The molecule has 2 amide bonds. The summed E-state index contributed by atoms with van der Waals surface area (Å²) in [6.45, 7) is 2.27. The molecule has 0 aromatic carbocycles. The van der Waals surface area contributed by atoms with Gasteiger partial charge in [-0.3, -0.25) is 14.4 Å². The van der Waals surface area contributed by atoms with Gasteiger partial charge in [0.1, 0.15) is 11.9 Å². The second-order valence-corrected chi connectivity index (χ2v) is 8.71. The summed E-state index contributed by atoms with van der Waals surface area (Å²) in [7, 11) is 0. The zero-order chi connectivity index (χ0) is 20.0. The van der Waals surface area contributed by atoms with Crippen molar-refractivity contribution in [1.82, 2.24) is 19.8 Å². The Morgan fingerprint density at radius 2 is 1.90 bits per heavy atom. The highest BCUT2D eigenvalue weighted by Gasteiger charge is 2.38. The summed E-state index contributed by atoms with van der Waals surface area (Å²) in [5.41, 5.74) is 1.20. The lowest BCUT2D eigenvalue weighted by molar-refractivity contribution is -0.145. The second kappa shape index (κ2) is 7.55. The van der Waals surface area contributed by atoms with Crippen LogP contribution in [0.1, 0.15) is 68.1 Å². The van der Waals surface area contributed by atoms with Crippen LogP contribution in [0.5, 0.6) is 0 Å². The predicted molar refractivity (Wildman–Crippen MR) is 104 cm³/mol. The third kappa shape index (κ3) is 3.58. The number of aromatic amines is 1. The van der Waals surface area contributed by atoms with Crippen LogP contribution in [0.15, 0.2) is 4.79 Å². The van der Waals surface area contributed by atoms with Crippen molar-refractivity contribution < 1.29 is 14.3 Å². The first-order valence-corrected chi connectivity index (χ1v) is 10.9. The van der Waals surface area contributed by atoms with E-state index in [1.165, 1.54) is 0 Å². The molecule has 0 spiro atoms. The number of hydrogen-bond acceptors (Lipinski definition) is 5. The third-order valence-corrected chi connectivity index (χ3v) is 6.63. The number of rotatable bonds is 3. The Bertz CT molecular complexity index is 872. The Kier molecular flexibility index (Phi) is 4.89. The van der Waals surface area contributed by atoms with Crippen molar-refractivity contribution in [2.75, 3.05) is 19.7 Å². The van der Waals surface area contributed by atoms with Crippen molar-refractivity contribution in [3.63, 3.8) is 0 Å². The molecule has 4 heterocycles. The minimum Gasteiger partial charge on any atom is -0.368 e. The van der Waals surface area contributed by atoms with Crippen LogP contribution in [0.4, 0.5) is 0 Å². The van der Waals surface area contributed by atoms with E-state index in [2.05, 4.69) is 4.98 Å². The maximum Gasteiger partial charge on any atom is 0.256 e. The van der Waals surface area contributed by atoms with Crippen LogP contribution >= 0.6 is 0 Å². The normalized spacial score (nSPS) is 27.0. The summed E-state index contributed by atoms with van der Waals surface area (Å²) in [6, 6.07) is -0.204. The van der Waals surface area contributed by atoms with Gasteiger partial charge in [0.15, 0.2) is 0 Å². The first-order valence-electron chi connectivity index (χ1n) is 10.9. The van der Waals surface area contributed by atoms with Gasteiger partial charge in [-0.2, -0.15) is 0 Å². The van der Waals surface area contributed by atoms with Crippen LogP contribution in [0, 0.1) is 5.92 Å². The number of hydrogen-bond donors (Lipinski definition) is 1. The minimum atomic E-state index is -0.359. The number of nitrogens with one attached hydrogen (secondary N) is 1. The molecule has 29 heavy (non-hydrogen) atoms. The van der Waals surface area contributed by atoms with Gasteiger partial charge in [-0.15, -0.1) is 0 Å². The second-order valence-electron chi connectivity index (χ2n) is 8.71. The van der Waals surface area contributed by atoms with Crippen LogP contribution in [0.25, 0.3) is 0 Å². The minimum absolute atomic E-state index is 0.0220. The van der Waals surface area contributed by atoms with Gasteiger partial charge in [0.05, 0.1) is 23.8 Å². The smallest absolute Gasteiger partial charge is 0.256 e. The molecular weight excluding hydrogens is 372 g/mol. The Hall–Kier alpha value is -2.22. The molecule has 3 aliphatic heterocycles. The summed E-state index contributed by atoms with van der Waals surface area (Å²) in [5, 5.41) is 0. The van der Waals surface area contributed by atoms with E-state index >= 15 is 0 Å². The van der Waals surface area contributed by atoms with E-state index in [-0.39, 0.29) is 35.4 Å². The number of carbonyl (C=O) groups is 2. The highest BCUT2D eigenvalue weighted by molar-refractivity contribution is 5.82. The molecule has 2 atom stereocenters. The van der Waals surface area contributed by atoms with Crippen LogP contribution in [-0.4, -0.2) is 57.4 Å². The number of fused-ring (bicyclic) bond motifs is 1. The molecule has 5 rings (SSSR count). The monoisotopic (exact) mass is 400 g/mol. The van der Waals surface area contributed by atoms with E-state index in [1.54, 1.807) is 4.90 Å². The number of likely N-dealkylation sites (tertiary alicyclic amines) is 1. The van der Waals surface area contributed by atoms with Crippen LogP contribution in [0.3, 0.4) is 0 Å². The Morgan fingerprint density at radius 3 is 2.66 bits per heavy atom. The molecular formula is C21H28N4O4. The first kappa shape index (κ1) is 18.8. The van der Waals surface area contributed by atoms with Crippen LogP contribution < -0.4 is 5.56 Å². The van der Waals surface area contributed by atoms with Crippen LogP contribution in [0.2, 0.25) is 0 Å². The quantitative estimate of drug-likeness (QED) is 0.825. The molecule has 3 fully saturated rings. The van der Waals surface area contributed by atoms with Gasteiger partial charge in [0.2, 0.25) is 5.91 Å². The molecule has 8 nitrogen and oxygen atoms in total. The topological polar surface area (TPSA) is 95.6 Å². The van der Waals surface area contributed by atoms with Crippen molar-refractivity contribution in [3.8, 4) is 0 Å². The van der Waals surface area contributed by atoms with E-state index < -0.39 is 0 Å². The van der Waals surface area contributed by atoms with E-state index in [1.807, 2.05) is 4.90 Å². The van der Waals surface area contributed by atoms with E-state index in [0.717, 1.165) is 50.6 Å². The summed E-state index contributed by atoms with van der Waals surface area (Å²) in [4.78, 5) is 49.6. The lowest BCUT2D eigenvalue weighted by Crippen LogP contribution is -2.45. The number of H-pyrrole nitrogens is 1. The summed E-state index contributed by atoms with van der Waals surface area (Å²) >= 11 is 0. The molecule has 1 aromatic heterocycles. The molecule has 1 saturated carbocycles. The van der Waals surface area contributed by atoms with Gasteiger partial charge in [-0.05, 0) is 44.9 Å². The molecule has 4 aliphatic rings. The van der Waals surface area contributed by atoms with Gasteiger partial charge in [-0.25, -0.2) is 4.98 Å². The largest absolute Gasteiger partial charge is 0.368 e. The Morgan fingerprint density at radius 1 is 1.03 bits per heavy atom. The van der Waals surface area contributed by atoms with Gasteiger partial charge in [0, 0.05) is 32.0 Å². The summed E-state index contributed by atoms with van der Waals surface area (Å²) in [5.74, 6) is 0.928. The average Bonchev–Trinajstić information content (AvgIpc) is 3.46. The highest BCUT2D eigenvalue weighted by atomic mass is 16.5. The van der Waals surface area contributed by atoms with Crippen molar-refractivity contribution in [2.24, 2.45) is 5.92 Å². The maximum absolute atomic E-state index is 13.0. The van der Waals surface area contributed by atoms with Crippen molar-refractivity contribution in [1.29, 1.82) is 0 Å². The number of nitrogens with zero attached hydrogens (tertiary/aromatic N) is 3. The summed E-state index contributed by atoms with van der Waals surface area (Å²) < 4.78 is 5.60.